The van der Waals surface area contributed by atoms with E-state index in [2.05, 4.69) is 28.7 Å². The number of nitrogens with one attached hydrogen (secondary N) is 1. The predicted octanol–water partition coefficient (Wildman–Crippen LogP) is 1.15. The summed E-state index contributed by atoms with van der Waals surface area (Å²) in [6.07, 6.45) is 3.46. The van der Waals surface area contributed by atoms with Crippen LogP contribution in [0.5, 0.6) is 0 Å². The highest BCUT2D eigenvalue weighted by molar-refractivity contribution is 5.75. The largest absolute Gasteiger partial charge is 0.465 e. The zero-order valence-electron chi connectivity index (χ0n) is 15.2. The van der Waals surface area contributed by atoms with E-state index in [0.717, 1.165) is 25.3 Å². The van der Waals surface area contributed by atoms with Gasteiger partial charge in [0.25, 0.3) is 0 Å². The van der Waals surface area contributed by atoms with Crippen molar-refractivity contribution in [2.45, 2.75) is 52.1 Å². The highest BCUT2D eigenvalue weighted by atomic mass is 16.5. The van der Waals surface area contributed by atoms with Gasteiger partial charge in [-0.15, -0.1) is 0 Å². The Balaban J connectivity index is 1.97. The molecular formula is C17H28N6O2. The summed E-state index contributed by atoms with van der Waals surface area (Å²) >= 11 is 0. The highest BCUT2D eigenvalue weighted by Crippen LogP contribution is 2.20. The molecule has 25 heavy (non-hydrogen) atoms. The smallest absolute Gasteiger partial charge is 0.305 e. The van der Waals surface area contributed by atoms with E-state index >= 15 is 0 Å². The molecule has 1 saturated heterocycles. The molecule has 138 valence electrons. The summed E-state index contributed by atoms with van der Waals surface area (Å²) in [6, 6.07) is 2.15. The average Bonchev–Trinajstić information content (AvgIpc) is 2.54. The molecule has 1 aliphatic heterocycles. The molecular weight excluding hydrogens is 320 g/mol. The fourth-order valence-corrected chi connectivity index (χ4v) is 3.20. The fourth-order valence-electron chi connectivity index (χ4n) is 3.20. The van der Waals surface area contributed by atoms with Gasteiger partial charge >= 0.3 is 5.97 Å². The molecule has 8 nitrogen and oxygen atoms in total. The van der Waals surface area contributed by atoms with Crippen LogP contribution in [0.2, 0.25) is 0 Å². The van der Waals surface area contributed by atoms with Gasteiger partial charge in [-0.2, -0.15) is 0 Å². The van der Waals surface area contributed by atoms with Crippen molar-refractivity contribution in [3.63, 3.8) is 0 Å². The lowest BCUT2D eigenvalue weighted by Crippen LogP contribution is -2.60. The Labute approximate surface area is 148 Å². The lowest BCUT2D eigenvalue weighted by atomic mass is 10.1. The number of aromatic nitrogens is 2. The Kier molecular flexibility index (Phi) is 6.55. The zero-order valence-corrected chi connectivity index (χ0v) is 15.2. The number of carbonyl (C=O) groups excluding carboxylic acids is 1. The fraction of sp³-hybridized carbons (Fsp3) is 0.647. The van der Waals surface area contributed by atoms with Crippen LogP contribution in [0.4, 0.5) is 5.82 Å². The van der Waals surface area contributed by atoms with E-state index in [1.807, 2.05) is 17.9 Å². The third-order valence-electron chi connectivity index (χ3n) is 4.25. The zero-order chi connectivity index (χ0) is 18.4. The normalized spacial score (nSPS) is 20.4. The SMILES string of the molecule is CCCC(=O)OCCc1nccc(N2C[C@@H](C)N(C(=N)N)[C@@H](C)C2)n1. The first kappa shape index (κ1) is 19.0. The number of carbonyl (C=O) groups is 1. The van der Waals surface area contributed by atoms with Crippen molar-refractivity contribution in [2.75, 3.05) is 24.6 Å². The first-order valence-electron chi connectivity index (χ1n) is 8.77. The summed E-state index contributed by atoms with van der Waals surface area (Å²) in [4.78, 5) is 24.4. The standard InChI is InChI=1S/C17H28N6O2/c1-4-5-16(24)25-9-7-14-20-8-6-15(21-14)22-10-12(2)23(17(18)19)13(3)11-22/h6,8,12-13H,4-5,7,9-11H2,1-3H3,(H3,18,19)/t12-,13+. The van der Waals surface area contributed by atoms with Crippen molar-refractivity contribution < 1.29 is 9.53 Å². The number of esters is 1. The first-order chi connectivity index (χ1) is 11.9. The molecule has 0 aromatic carbocycles. The lowest BCUT2D eigenvalue weighted by molar-refractivity contribution is -0.143. The molecule has 8 heteroatoms. The Morgan fingerprint density at radius 2 is 2.08 bits per heavy atom. The summed E-state index contributed by atoms with van der Waals surface area (Å²) < 4.78 is 5.17. The van der Waals surface area contributed by atoms with Crippen molar-refractivity contribution in [3.8, 4) is 0 Å². The van der Waals surface area contributed by atoms with Gasteiger partial charge < -0.3 is 20.3 Å². The van der Waals surface area contributed by atoms with Crippen LogP contribution in [-0.2, 0) is 16.0 Å². The van der Waals surface area contributed by atoms with E-state index in [1.165, 1.54) is 0 Å². The van der Waals surface area contributed by atoms with Gasteiger partial charge in [-0.1, -0.05) is 6.92 Å². The third kappa shape index (κ3) is 5.04. The number of rotatable bonds is 6. The molecule has 2 heterocycles. The molecule has 0 aliphatic carbocycles. The third-order valence-corrected chi connectivity index (χ3v) is 4.25. The number of nitrogens with zero attached hydrogens (tertiary/aromatic N) is 4. The van der Waals surface area contributed by atoms with Crippen LogP contribution in [0.25, 0.3) is 0 Å². The van der Waals surface area contributed by atoms with Crippen LogP contribution < -0.4 is 10.6 Å². The van der Waals surface area contributed by atoms with Crippen LogP contribution in [-0.4, -0.2) is 58.6 Å². The second kappa shape index (κ2) is 8.64. The molecule has 0 amide bonds. The number of nitrogens with two attached hydrogens (primary N) is 1. The van der Waals surface area contributed by atoms with Crippen LogP contribution in [0, 0.1) is 5.41 Å². The number of hydrogen-bond donors (Lipinski definition) is 2. The van der Waals surface area contributed by atoms with Crippen molar-refractivity contribution in [1.82, 2.24) is 14.9 Å². The molecule has 3 N–H and O–H groups in total. The number of guanidine groups is 1. The lowest BCUT2D eigenvalue weighted by Gasteiger charge is -2.45. The van der Waals surface area contributed by atoms with Crippen LogP contribution in [0.15, 0.2) is 12.3 Å². The molecule has 1 aromatic heterocycles. The van der Waals surface area contributed by atoms with Gasteiger partial charge in [-0.3, -0.25) is 10.2 Å². The summed E-state index contributed by atoms with van der Waals surface area (Å²) in [7, 11) is 0. The van der Waals surface area contributed by atoms with E-state index in [0.29, 0.717) is 25.3 Å². The molecule has 1 aromatic rings. The maximum atomic E-state index is 11.4. The Morgan fingerprint density at radius 3 is 2.68 bits per heavy atom. The van der Waals surface area contributed by atoms with E-state index in [4.69, 9.17) is 15.9 Å². The molecule has 1 fully saturated rings. The topological polar surface area (TPSA) is 108 Å². The first-order valence-corrected chi connectivity index (χ1v) is 8.77. The second-order valence-electron chi connectivity index (χ2n) is 6.45. The van der Waals surface area contributed by atoms with Crippen molar-refractivity contribution >= 4 is 17.7 Å². The Bertz CT molecular complexity index is 597. The molecule has 0 unspecified atom stereocenters. The number of piperazine rings is 1. The quantitative estimate of drug-likeness (QED) is 0.451. The van der Waals surface area contributed by atoms with Gasteiger partial charge in [-0.25, -0.2) is 9.97 Å². The van der Waals surface area contributed by atoms with E-state index in [9.17, 15) is 4.79 Å². The summed E-state index contributed by atoms with van der Waals surface area (Å²) in [5, 5.41) is 7.71. The predicted molar refractivity (Wildman–Crippen MR) is 96.5 cm³/mol. The van der Waals surface area contributed by atoms with Gasteiger partial charge in [0.15, 0.2) is 5.96 Å². The van der Waals surface area contributed by atoms with Crippen molar-refractivity contribution in [3.05, 3.63) is 18.1 Å². The van der Waals surface area contributed by atoms with Crippen molar-refractivity contribution in [2.24, 2.45) is 5.73 Å². The maximum Gasteiger partial charge on any atom is 0.305 e. The Morgan fingerprint density at radius 1 is 1.40 bits per heavy atom. The minimum Gasteiger partial charge on any atom is -0.465 e. The molecule has 0 bridgehead atoms. The summed E-state index contributed by atoms with van der Waals surface area (Å²) in [5.74, 6) is 1.45. The van der Waals surface area contributed by atoms with Crippen LogP contribution >= 0.6 is 0 Å². The van der Waals surface area contributed by atoms with Gasteiger partial charge in [0.2, 0.25) is 0 Å². The monoisotopic (exact) mass is 348 g/mol. The van der Waals surface area contributed by atoms with E-state index in [1.54, 1.807) is 6.20 Å². The molecule has 0 saturated carbocycles. The number of hydrogen-bond acceptors (Lipinski definition) is 6. The molecule has 2 rings (SSSR count). The molecule has 0 spiro atoms. The number of anilines is 1. The molecule has 2 atom stereocenters. The number of ether oxygens (including phenoxy) is 1. The van der Waals surface area contributed by atoms with E-state index < -0.39 is 0 Å². The Hall–Kier alpha value is -2.38. The summed E-state index contributed by atoms with van der Waals surface area (Å²) in [6.45, 7) is 7.84. The highest BCUT2D eigenvalue weighted by Gasteiger charge is 2.30. The molecule has 1 aliphatic rings. The summed E-state index contributed by atoms with van der Waals surface area (Å²) in [5.41, 5.74) is 5.68. The van der Waals surface area contributed by atoms with E-state index in [-0.39, 0.29) is 24.0 Å². The minimum absolute atomic E-state index is 0.108. The van der Waals surface area contributed by atoms with Crippen molar-refractivity contribution in [1.29, 1.82) is 5.41 Å². The molecule has 0 radical (unpaired) electrons. The average molecular weight is 348 g/mol. The maximum absolute atomic E-state index is 11.4. The minimum atomic E-state index is -0.179. The van der Waals surface area contributed by atoms with Gasteiger partial charge in [0.05, 0.1) is 6.61 Å². The van der Waals surface area contributed by atoms with Gasteiger partial charge in [-0.05, 0) is 26.3 Å². The van der Waals surface area contributed by atoms with Crippen LogP contribution in [0.3, 0.4) is 0 Å². The van der Waals surface area contributed by atoms with Gasteiger partial charge in [0, 0.05) is 44.2 Å². The second-order valence-corrected chi connectivity index (χ2v) is 6.45. The van der Waals surface area contributed by atoms with Crippen LogP contribution in [0.1, 0.15) is 39.4 Å². The van der Waals surface area contributed by atoms with Gasteiger partial charge in [0.1, 0.15) is 11.6 Å².